The summed E-state index contributed by atoms with van der Waals surface area (Å²) in [6.07, 6.45) is 3.95. The Kier molecular flexibility index (Phi) is 3.24. The molecule has 1 fully saturated rings. The molecule has 0 bridgehead atoms. The van der Waals surface area contributed by atoms with Gasteiger partial charge < -0.3 is 14.6 Å². The molecule has 2 heterocycles. The third-order valence-electron chi connectivity index (χ3n) is 4.79. The van der Waals surface area contributed by atoms with Gasteiger partial charge in [-0.3, -0.25) is 4.79 Å². The third-order valence-corrected chi connectivity index (χ3v) is 4.79. The van der Waals surface area contributed by atoms with Crippen molar-refractivity contribution >= 4 is 11.6 Å². The van der Waals surface area contributed by atoms with E-state index in [1.165, 1.54) is 0 Å². The maximum Gasteiger partial charge on any atom is 0.306 e. The second kappa shape index (κ2) is 4.84. The summed E-state index contributed by atoms with van der Waals surface area (Å²) >= 11 is 0. The zero-order valence-electron chi connectivity index (χ0n) is 12.3. The van der Waals surface area contributed by atoms with E-state index in [-0.39, 0.29) is 5.92 Å². The van der Waals surface area contributed by atoms with E-state index in [9.17, 15) is 9.90 Å². The average molecular weight is 288 g/mol. The fourth-order valence-corrected chi connectivity index (χ4v) is 3.19. The monoisotopic (exact) mass is 288 g/mol. The van der Waals surface area contributed by atoms with Crippen LogP contribution in [0.5, 0.6) is 0 Å². The number of hydrogen-bond donors (Lipinski definition) is 2. The van der Waals surface area contributed by atoms with Crippen molar-refractivity contribution in [3.8, 4) is 0 Å². The number of fused-ring (bicyclic) bond motifs is 1. The van der Waals surface area contributed by atoms with Gasteiger partial charge in [-0.05, 0) is 45.6 Å². The Bertz CT molecular complexity index is 697. The Labute approximate surface area is 123 Å². The molecule has 0 amide bonds. The maximum atomic E-state index is 11.0. The van der Waals surface area contributed by atoms with Gasteiger partial charge in [-0.15, -0.1) is 0 Å². The quantitative estimate of drug-likeness (QED) is 0.890. The van der Waals surface area contributed by atoms with Crippen LogP contribution in [-0.4, -0.2) is 25.6 Å². The molecule has 112 valence electrons. The van der Waals surface area contributed by atoms with Crippen LogP contribution in [0.15, 0.2) is 18.3 Å². The van der Waals surface area contributed by atoms with Crippen LogP contribution in [0.25, 0.3) is 5.65 Å². The number of aliphatic hydroxyl groups is 1. The van der Waals surface area contributed by atoms with Crippen LogP contribution in [0.2, 0.25) is 0 Å². The van der Waals surface area contributed by atoms with Crippen LogP contribution in [-0.2, 0) is 10.4 Å². The van der Waals surface area contributed by atoms with Crippen LogP contribution in [0, 0.1) is 19.8 Å². The van der Waals surface area contributed by atoms with Crippen LogP contribution >= 0.6 is 0 Å². The number of imidazole rings is 1. The molecule has 0 aromatic carbocycles. The van der Waals surface area contributed by atoms with E-state index in [1.54, 1.807) is 0 Å². The van der Waals surface area contributed by atoms with Gasteiger partial charge in [-0.1, -0.05) is 6.07 Å². The molecule has 3 rings (SSSR count). The summed E-state index contributed by atoms with van der Waals surface area (Å²) in [7, 11) is 0. The molecule has 0 unspecified atom stereocenters. The molecule has 5 heteroatoms. The largest absolute Gasteiger partial charge is 0.481 e. The van der Waals surface area contributed by atoms with Gasteiger partial charge in [0.15, 0.2) is 0 Å². The number of pyridine rings is 1. The van der Waals surface area contributed by atoms with E-state index in [0.717, 1.165) is 22.6 Å². The zero-order valence-corrected chi connectivity index (χ0v) is 12.3. The van der Waals surface area contributed by atoms with Crippen molar-refractivity contribution in [2.45, 2.75) is 45.1 Å². The number of aryl methyl sites for hydroxylation is 2. The molecule has 0 saturated heterocycles. The van der Waals surface area contributed by atoms with Gasteiger partial charge >= 0.3 is 5.97 Å². The Balaban J connectivity index is 1.93. The number of carboxylic acid groups (broad SMARTS) is 1. The van der Waals surface area contributed by atoms with Crippen LogP contribution < -0.4 is 0 Å². The zero-order chi connectivity index (χ0) is 15.2. The third kappa shape index (κ3) is 2.31. The highest BCUT2D eigenvalue weighted by Crippen LogP contribution is 2.39. The molecule has 1 aliphatic carbocycles. The highest BCUT2D eigenvalue weighted by molar-refractivity contribution is 5.70. The summed E-state index contributed by atoms with van der Waals surface area (Å²) in [4.78, 5) is 15.5. The van der Waals surface area contributed by atoms with Crippen LogP contribution in [0.4, 0.5) is 0 Å². The van der Waals surface area contributed by atoms with E-state index < -0.39 is 11.6 Å². The summed E-state index contributed by atoms with van der Waals surface area (Å²) < 4.78 is 1.99. The molecule has 0 spiro atoms. The van der Waals surface area contributed by atoms with Crippen molar-refractivity contribution in [3.63, 3.8) is 0 Å². The Hall–Kier alpha value is -1.88. The lowest BCUT2D eigenvalue weighted by Crippen LogP contribution is -2.34. The molecular formula is C16H20N2O3. The van der Waals surface area contributed by atoms with Gasteiger partial charge in [0.25, 0.3) is 0 Å². The lowest BCUT2D eigenvalue weighted by molar-refractivity contribution is -0.145. The van der Waals surface area contributed by atoms with E-state index in [0.29, 0.717) is 25.7 Å². The van der Waals surface area contributed by atoms with E-state index in [4.69, 9.17) is 5.11 Å². The fraction of sp³-hybridized carbons (Fsp3) is 0.500. The molecule has 2 N–H and O–H groups in total. The van der Waals surface area contributed by atoms with Gasteiger partial charge in [0.2, 0.25) is 0 Å². The van der Waals surface area contributed by atoms with Gasteiger partial charge in [0.05, 0.1) is 17.2 Å². The highest BCUT2D eigenvalue weighted by Gasteiger charge is 2.37. The summed E-state index contributed by atoms with van der Waals surface area (Å²) in [6.45, 7) is 3.97. The lowest BCUT2D eigenvalue weighted by atomic mass is 9.75. The number of carbonyl (C=O) groups is 1. The number of carboxylic acids is 1. The van der Waals surface area contributed by atoms with Crippen molar-refractivity contribution in [1.29, 1.82) is 0 Å². The van der Waals surface area contributed by atoms with E-state index in [2.05, 4.69) is 4.98 Å². The predicted molar refractivity (Wildman–Crippen MR) is 78.2 cm³/mol. The van der Waals surface area contributed by atoms with Gasteiger partial charge in [-0.2, -0.15) is 0 Å². The standard InChI is InChI=1S/C16H20N2O3/c1-10-11(2)18-9-13(3-4-14(18)17-10)16(21)7-5-12(6-8-16)15(19)20/h3-4,9,12,21H,5-8H2,1-2H3,(H,19,20). The molecule has 1 aliphatic rings. The van der Waals surface area contributed by atoms with E-state index >= 15 is 0 Å². The van der Waals surface area contributed by atoms with Crippen molar-refractivity contribution < 1.29 is 15.0 Å². The first kappa shape index (κ1) is 14.1. The van der Waals surface area contributed by atoms with Crippen molar-refractivity contribution in [1.82, 2.24) is 9.38 Å². The molecule has 21 heavy (non-hydrogen) atoms. The van der Waals surface area contributed by atoms with Gasteiger partial charge in [0, 0.05) is 17.5 Å². The molecule has 5 nitrogen and oxygen atoms in total. The SMILES string of the molecule is Cc1nc2ccc(C3(O)CCC(C(=O)O)CC3)cn2c1C. The molecule has 0 radical (unpaired) electrons. The molecule has 2 aromatic rings. The normalized spacial score (nSPS) is 26.1. The molecule has 0 aliphatic heterocycles. The van der Waals surface area contributed by atoms with E-state index in [1.807, 2.05) is 36.6 Å². The van der Waals surface area contributed by atoms with Crippen molar-refractivity contribution in [2.75, 3.05) is 0 Å². The number of rotatable bonds is 2. The topological polar surface area (TPSA) is 74.8 Å². The summed E-state index contributed by atoms with van der Waals surface area (Å²) in [5, 5.41) is 19.9. The smallest absolute Gasteiger partial charge is 0.306 e. The molecule has 2 aromatic heterocycles. The fourth-order valence-electron chi connectivity index (χ4n) is 3.19. The number of aromatic nitrogens is 2. The molecular weight excluding hydrogens is 268 g/mol. The molecule has 0 atom stereocenters. The van der Waals surface area contributed by atoms with Crippen molar-refractivity contribution in [3.05, 3.63) is 35.3 Å². The Morgan fingerprint density at radius 1 is 1.33 bits per heavy atom. The predicted octanol–water partition coefficient (Wildman–Crippen LogP) is 2.41. The minimum atomic E-state index is -0.926. The number of nitrogens with zero attached hydrogens (tertiary/aromatic N) is 2. The van der Waals surface area contributed by atoms with Crippen molar-refractivity contribution in [2.24, 2.45) is 5.92 Å². The summed E-state index contributed by atoms with van der Waals surface area (Å²) in [5.74, 6) is -1.08. The first-order valence-electron chi connectivity index (χ1n) is 7.32. The van der Waals surface area contributed by atoms with Gasteiger partial charge in [0.1, 0.15) is 5.65 Å². The highest BCUT2D eigenvalue weighted by atomic mass is 16.4. The minimum absolute atomic E-state index is 0.328. The minimum Gasteiger partial charge on any atom is -0.481 e. The summed E-state index contributed by atoms with van der Waals surface area (Å²) in [5.41, 5.74) is 2.84. The average Bonchev–Trinajstić information content (AvgIpc) is 2.74. The first-order chi connectivity index (χ1) is 9.90. The number of aliphatic carboxylic acids is 1. The Morgan fingerprint density at radius 2 is 2.00 bits per heavy atom. The van der Waals surface area contributed by atoms with Crippen LogP contribution in [0.1, 0.15) is 42.6 Å². The van der Waals surface area contributed by atoms with Gasteiger partial charge in [-0.25, -0.2) is 4.98 Å². The first-order valence-corrected chi connectivity index (χ1v) is 7.32. The second-order valence-electron chi connectivity index (χ2n) is 6.07. The maximum absolute atomic E-state index is 11.0. The van der Waals surface area contributed by atoms with Crippen LogP contribution in [0.3, 0.4) is 0 Å². The lowest BCUT2D eigenvalue weighted by Gasteiger charge is -2.35. The Morgan fingerprint density at radius 3 is 2.62 bits per heavy atom. The number of hydrogen-bond acceptors (Lipinski definition) is 3. The summed E-state index contributed by atoms with van der Waals surface area (Å²) in [6, 6.07) is 3.82. The second-order valence-corrected chi connectivity index (χ2v) is 6.07. The molecule has 1 saturated carbocycles.